The molecule has 0 bridgehead atoms. The number of carbonyl (C=O) groups excluding carboxylic acids is 1. The van der Waals surface area contributed by atoms with Gasteiger partial charge in [-0.2, -0.15) is 28.5 Å². The van der Waals surface area contributed by atoms with Crippen molar-refractivity contribution < 1.29 is 27.8 Å². The van der Waals surface area contributed by atoms with Crippen molar-refractivity contribution in [2.45, 2.75) is 25.2 Å². The molecule has 1 heterocycles. The third-order valence-corrected chi connectivity index (χ3v) is 3.17. The van der Waals surface area contributed by atoms with E-state index in [2.05, 4.69) is 5.10 Å². The van der Waals surface area contributed by atoms with Crippen molar-refractivity contribution in [1.29, 1.82) is 5.26 Å². The zero-order chi connectivity index (χ0) is 17.3. The van der Waals surface area contributed by atoms with Crippen molar-refractivity contribution in [1.82, 2.24) is 5.01 Å². The molecule has 0 aromatic heterocycles. The third-order valence-electron chi connectivity index (χ3n) is 3.17. The van der Waals surface area contributed by atoms with Crippen LogP contribution in [0, 0.1) is 11.3 Å². The second-order valence-corrected chi connectivity index (χ2v) is 4.93. The van der Waals surface area contributed by atoms with Crippen LogP contribution in [0.5, 0.6) is 5.75 Å². The van der Waals surface area contributed by atoms with E-state index in [-0.39, 0.29) is 22.0 Å². The maximum Gasteiger partial charge on any atom is 0.438 e. The van der Waals surface area contributed by atoms with Crippen molar-refractivity contribution in [2.75, 3.05) is 6.61 Å². The van der Waals surface area contributed by atoms with Crippen LogP contribution in [-0.4, -0.2) is 40.2 Å². The first-order valence-electron chi connectivity index (χ1n) is 6.47. The number of hydrogen-bond acceptors (Lipinski definition) is 5. The van der Waals surface area contributed by atoms with Crippen LogP contribution >= 0.6 is 0 Å². The summed E-state index contributed by atoms with van der Waals surface area (Å²) < 4.78 is 44.1. The lowest BCUT2D eigenvalue weighted by atomic mass is 10.1. The maximum atomic E-state index is 13.0. The summed E-state index contributed by atoms with van der Waals surface area (Å²) in [5, 5.41) is 22.1. The average Bonchev–Trinajstić information content (AvgIpc) is 2.81. The smallest absolute Gasteiger partial charge is 0.438 e. The Labute approximate surface area is 129 Å². The Morgan fingerprint density at radius 1 is 1.52 bits per heavy atom. The molecule has 23 heavy (non-hydrogen) atoms. The number of benzene rings is 1. The summed E-state index contributed by atoms with van der Waals surface area (Å²) in [4.78, 5) is 12.0. The summed E-state index contributed by atoms with van der Waals surface area (Å²) >= 11 is 0. The molecule has 1 aliphatic rings. The lowest BCUT2D eigenvalue weighted by molar-refractivity contribution is -0.302. The molecule has 0 unspecified atom stereocenters. The van der Waals surface area contributed by atoms with E-state index in [0.717, 1.165) is 0 Å². The summed E-state index contributed by atoms with van der Waals surface area (Å²) in [6.45, 7) is 0.476. The molecule has 0 fully saturated rings. The number of hydrazone groups is 1. The number of ether oxygens (including phenoxy) is 1. The quantitative estimate of drug-likeness (QED) is 0.917. The van der Waals surface area contributed by atoms with Crippen LogP contribution < -0.4 is 4.74 Å². The second kappa shape index (κ2) is 5.89. The molecule has 1 aromatic rings. The van der Waals surface area contributed by atoms with E-state index < -0.39 is 30.8 Å². The SMILES string of the molecule is CC1=NN(C(=O)COc2ccccc2C#N)[C@@](O)(C(F)(F)F)C1. The molecule has 122 valence electrons. The molecule has 0 spiro atoms. The van der Waals surface area contributed by atoms with E-state index in [1.54, 1.807) is 12.1 Å². The highest BCUT2D eigenvalue weighted by Gasteiger charge is 2.62. The standard InChI is InChI=1S/C14H12F3N3O3/c1-9-6-13(22,14(15,16)17)20(19-9)12(21)8-23-11-5-3-2-4-10(11)7-18/h2-5,22H,6,8H2,1H3/t13-/m0/s1. The van der Waals surface area contributed by atoms with Gasteiger partial charge in [0.2, 0.25) is 0 Å². The maximum absolute atomic E-state index is 13.0. The summed E-state index contributed by atoms with van der Waals surface area (Å²) in [6.07, 6.45) is -5.88. The van der Waals surface area contributed by atoms with E-state index in [1.807, 2.05) is 6.07 Å². The molecule has 1 aliphatic heterocycles. The average molecular weight is 327 g/mol. The third kappa shape index (κ3) is 3.12. The molecule has 0 saturated heterocycles. The van der Waals surface area contributed by atoms with Crippen molar-refractivity contribution in [2.24, 2.45) is 5.10 Å². The van der Waals surface area contributed by atoms with Gasteiger partial charge in [0.25, 0.3) is 11.6 Å². The van der Waals surface area contributed by atoms with Crippen LogP contribution in [-0.2, 0) is 4.79 Å². The predicted molar refractivity (Wildman–Crippen MR) is 72.2 cm³/mol. The molecule has 0 aliphatic carbocycles. The number of aliphatic hydroxyl groups is 1. The minimum atomic E-state index is -5.06. The molecule has 0 saturated carbocycles. The monoisotopic (exact) mass is 327 g/mol. The lowest BCUT2D eigenvalue weighted by Gasteiger charge is -2.32. The van der Waals surface area contributed by atoms with Gasteiger partial charge >= 0.3 is 6.18 Å². The van der Waals surface area contributed by atoms with Gasteiger partial charge in [0.15, 0.2) is 6.61 Å². The predicted octanol–water partition coefficient (Wildman–Crippen LogP) is 1.80. The Morgan fingerprint density at radius 3 is 2.78 bits per heavy atom. The van der Waals surface area contributed by atoms with E-state index in [4.69, 9.17) is 10.00 Å². The van der Waals surface area contributed by atoms with Crippen LogP contribution in [0.3, 0.4) is 0 Å². The number of rotatable bonds is 3. The van der Waals surface area contributed by atoms with Crippen LogP contribution in [0.25, 0.3) is 0 Å². The van der Waals surface area contributed by atoms with E-state index in [9.17, 15) is 23.1 Å². The molecule has 0 radical (unpaired) electrons. The molecule has 1 aromatic carbocycles. The van der Waals surface area contributed by atoms with Crippen molar-refractivity contribution in [3.8, 4) is 11.8 Å². The Balaban J connectivity index is 2.15. The number of nitriles is 1. The minimum absolute atomic E-state index is 0.0165. The van der Waals surface area contributed by atoms with E-state index in [0.29, 0.717) is 0 Å². The van der Waals surface area contributed by atoms with Gasteiger partial charge in [-0.05, 0) is 19.1 Å². The Kier molecular flexibility index (Phi) is 4.29. The number of alkyl halides is 3. The summed E-state index contributed by atoms with van der Waals surface area (Å²) in [7, 11) is 0. The van der Waals surface area contributed by atoms with Crippen LogP contribution in [0.2, 0.25) is 0 Å². The zero-order valence-corrected chi connectivity index (χ0v) is 12.0. The first-order valence-corrected chi connectivity index (χ1v) is 6.47. The molecular formula is C14H12F3N3O3. The Bertz CT molecular complexity index is 696. The van der Waals surface area contributed by atoms with Gasteiger partial charge in [0.05, 0.1) is 5.56 Å². The highest BCUT2D eigenvalue weighted by molar-refractivity contribution is 5.89. The first-order chi connectivity index (χ1) is 10.7. The van der Waals surface area contributed by atoms with Crippen LogP contribution in [0.1, 0.15) is 18.9 Å². The first kappa shape index (κ1) is 16.8. The topological polar surface area (TPSA) is 85.9 Å². The minimum Gasteiger partial charge on any atom is -0.482 e. The number of amides is 1. The fourth-order valence-corrected chi connectivity index (χ4v) is 2.09. The molecule has 1 amide bonds. The summed E-state index contributed by atoms with van der Waals surface area (Å²) in [6, 6.07) is 7.79. The number of halogens is 3. The van der Waals surface area contributed by atoms with Gasteiger partial charge in [-0.15, -0.1) is 0 Å². The number of carbonyl (C=O) groups is 1. The number of hydrogen-bond donors (Lipinski definition) is 1. The van der Waals surface area contributed by atoms with E-state index >= 15 is 0 Å². The van der Waals surface area contributed by atoms with Crippen molar-refractivity contribution >= 4 is 11.6 Å². The number of nitrogens with zero attached hydrogens (tertiary/aromatic N) is 3. The van der Waals surface area contributed by atoms with Crippen molar-refractivity contribution in [3.63, 3.8) is 0 Å². The van der Waals surface area contributed by atoms with Gasteiger partial charge in [0.1, 0.15) is 11.8 Å². The van der Waals surface area contributed by atoms with Crippen LogP contribution in [0.15, 0.2) is 29.4 Å². The van der Waals surface area contributed by atoms with Gasteiger partial charge in [-0.3, -0.25) is 4.79 Å². The molecule has 1 N–H and O–H groups in total. The molecule has 2 rings (SSSR count). The molecule has 6 nitrogen and oxygen atoms in total. The van der Waals surface area contributed by atoms with Crippen LogP contribution in [0.4, 0.5) is 13.2 Å². The molecule has 1 atom stereocenters. The zero-order valence-electron chi connectivity index (χ0n) is 12.0. The van der Waals surface area contributed by atoms with Gasteiger partial charge < -0.3 is 9.84 Å². The molecule has 9 heteroatoms. The normalized spacial score (nSPS) is 20.9. The lowest BCUT2D eigenvalue weighted by Crippen LogP contribution is -2.57. The summed E-state index contributed by atoms with van der Waals surface area (Å²) in [5.74, 6) is -1.12. The summed E-state index contributed by atoms with van der Waals surface area (Å²) in [5.41, 5.74) is -3.28. The van der Waals surface area contributed by atoms with E-state index in [1.165, 1.54) is 19.1 Å². The fraction of sp³-hybridized carbons (Fsp3) is 0.357. The fourth-order valence-electron chi connectivity index (χ4n) is 2.09. The Hall–Kier alpha value is -2.60. The number of para-hydroxylation sites is 1. The molecular weight excluding hydrogens is 315 g/mol. The van der Waals surface area contributed by atoms with Gasteiger partial charge in [-0.1, -0.05) is 12.1 Å². The highest BCUT2D eigenvalue weighted by Crippen LogP contribution is 2.40. The van der Waals surface area contributed by atoms with Gasteiger partial charge in [-0.25, -0.2) is 0 Å². The second-order valence-electron chi connectivity index (χ2n) is 4.93. The highest BCUT2D eigenvalue weighted by atomic mass is 19.4. The van der Waals surface area contributed by atoms with Gasteiger partial charge in [0, 0.05) is 12.1 Å². The Morgan fingerprint density at radius 2 is 2.17 bits per heavy atom. The van der Waals surface area contributed by atoms with Crippen molar-refractivity contribution in [3.05, 3.63) is 29.8 Å². The largest absolute Gasteiger partial charge is 0.482 e.